The lowest BCUT2D eigenvalue weighted by Crippen LogP contribution is -2.59. The van der Waals surface area contributed by atoms with Crippen LogP contribution in [-0.2, 0) is 14.2 Å². The summed E-state index contributed by atoms with van der Waals surface area (Å²) in [5, 5.41) is 20.3. The van der Waals surface area contributed by atoms with Crippen LogP contribution in [0.25, 0.3) is 0 Å². The van der Waals surface area contributed by atoms with Gasteiger partial charge in [-0.05, 0) is 19.1 Å². The van der Waals surface area contributed by atoms with Crippen LogP contribution >= 0.6 is 0 Å². The SMILES string of the molecule is COCC1OC(C)C(O)C(OC(=O)c2ccccc2)C1O. The average molecular weight is 296 g/mol. The van der Waals surface area contributed by atoms with Crippen molar-refractivity contribution in [3.05, 3.63) is 35.9 Å². The number of methoxy groups -OCH3 is 1. The van der Waals surface area contributed by atoms with Crippen LogP contribution in [0.2, 0.25) is 0 Å². The van der Waals surface area contributed by atoms with E-state index in [0.717, 1.165) is 0 Å². The normalized spacial score (nSPS) is 32.7. The van der Waals surface area contributed by atoms with Crippen LogP contribution in [0.4, 0.5) is 0 Å². The predicted octanol–water partition coefficient (Wildman–Crippen LogP) is 0.367. The minimum absolute atomic E-state index is 0.150. The van der Waals surface area contributed by atoms with Crippen LogP contribution in [0.1, 0.15) is 17.3 Å². The number of aliphatic hydroxyl groups excluding tert-OH is 2. The van der Waals surface area contributed by atoms with Crippen LogP contribution < -0.4 is 0 Å². The summed E-state index contributed by atoms with van der Waals surface area (Å²) in [6.45, 7) is 1.81. The van der Waals surface area contributed by atoms with E-state index in [4.69, 9.17) is 14.2 Å². The Balaban J connectivity index is 2.10. The molecule has 0 amide bonds. The third-order valence-electron chi connectivity index (χ3n) is 3.51. The number of carbonyl (C=O) groups excluding carboxylic acids is 1. The summed E-state index contributed by atoms with van der Waals surface area (Å²) in [4.78, 5) is 12.1. The number of carbonyl (C=O) groups is 1. The van der Waals surface area contributed by atoms with Crippen LogP contribution in [0, 0.1) is 0 Å². The summed E-state index contributed by atoms with van der Waals surface area (Å²) in [6.07, 6.45) is -4.52. The van der Waals surface area contributed by atoms with E-state index < -0.39 is 36.5 Å². The quantitative estimate of drug-likeness (QED) is 0.781. The number of hydrogen-bond acceptors (Lipinski definition) is 6. The second kappa shape index (κ2) is 7.00. The molecule has 1 fully saturated rings. The third-order valence-corrected chi connectivity index (χ3v) is 3.51. The van der Waals surface area contributed by atoms with Gasteiger partial charge in [0.1, 0.15) is 18.3 Å². The zero-order valence-electron chi connectivity index (χ0n) is 12.0. The van der Waals surface area contributed by atoms with Crippen molar-refractivity contribution in [3.8, 4) is 0 Å². The minimum atomic E-state index is -1.15. The predicted molar refractivity (Wildman–Crippen MR) is 73.9 cm³/mol. The molecule has 0 bridgehead atoms. The Morgan fingerprint density at radius 1 is 1.24 bits per heavy atom. The molecule has 1 heterocycles. The van der Waals surface area contributed by atoms with Crippen molar-refractivity contribution in [3.63, 3.8) is 0 Å². The Bertz CT molecular complexity index is 462. The van der Waals surface area contributed by atoms with Crippen LogP contribution in [0.3, 0.4) is 0 Å². The van der Waals surface area contributed by atoms with Gasteiger partial charge in [0.25, 0.3) is 0 Å². The molecule has 1 aromatic rings. The molecule has 6 nitrogen and oxygen atoms in total. The molecular formula is C15H20O6. The van der Waals surface area contributed by atoms with Gasteiger partial charge in [0, 0.05) is 7.11 Å². The van der Waals surface area contributed by atoms with E-state index in [1.807, 2.05) is 0 Å². The fourth-order valence-corrected chi connectivity index (χ4v) is 2.32. The fourth-order valence-electron chi connectivity index (χ4n) is 2.32. The molecule has 0 spiro atoms. The Kier molecular flexibility index (Phi) is 5.30. The smallest absolute Gasteiger partial charge is 0.338 e. The van der Waals surface area contributed by atoms with Crippen LogP contribution in [-0.4, -0.2) is 60.4 Å². The van der Waals surface area contributed by atoms with E-state index in [9.17, 15) is 15.0 Å². The second-order valence-electron chi connectivity index (χ2n) is 5.05. The van der Waals surface area contributed by atoms with Crippen molar-refractivity contribution < 1.29 is 29.2 Å². The highest BCUT2D eigenvalue weighted by atomic mass is 16.6. The van der Waals surface area contributed by atoms with Gasteiger partial charge < -0.3 is 24.4 Å². The summed E-state index contributed by atoms with van der Waals surface area (Å²) in [5.41, 5.74) is 0.360. The van der Waals surface area contributed by atoms with E-state index in [0.29, 0.717) is 5.56 Å². The van der Waals surface area contributed by atoms with Crippen molar-refractivity contribution in [2.45, 2.75) is 37.4 Å². The molecule has 0 saturated carbocycles. The Morgan fingerprint density at radius 3 is 2.52 bits per heavy atom. The number of ether oxygens (including phenoxy) is 3. The number of hydrogen-bond donors (Lipinski definition) is 2. The van der Waals surface area contributed by atoms with Crippen molar-refractivity contribution in [1.29, 1.82) is 0 Å². The summed E-state index contributed by atoms with van der Waals surface area (Å²) < 4.78 is 15.7. The lowest BCUT2D eigenvalue weighted by Gasteiger charge is -2.40. The fraction of sp³-hybridized carbons (Fsp3) is 0.533. The van der Waals surface area contributed by atoms with Gasteiger partial charge in [-0.1, -0.05) is 18.2 Å². The lowest BCUT2D eigenvalue weighted by molar-refractivity contribution is -0.226. The molecule has 116 valence electrons. The first-order chi connectivity index (χ1) is 10.0. The van der Waals surface area contributed by atoms with Gasteiger partial charge in [0.2, 0.25) is 0 Å². The first kappa shape index (κ1) is 15.9. The first-order valence-corrected chi connectivity index (χ1v) is 6.81. The molecule has 21 heavy (non-hydrogen) atoms. The molecular weight excluding hydrogens is 276 g/mol. The topological polar surface area (TPSA) is 85.2 Å². The van der Waals surface area contributed by atoms with Crippen molar-refractivity contribution in [2.24, 2.45) is 0 Å². The van der Waals surface area contributed by atoms with Crippen molar-refractivity contribution in [1.82, 2.24) is 0 Å². The standard InChI is InChI=1S/C15H20O6/c1-9-12(16)14(13(17)11(20-9)8-19-2)21-15(18)10-6-4-3-5-7-10/h3-7,9,11-14,16-17H,8H2,1-2H3. The lowest BCUT2D eigenvalue weighted by atomic mass is 9.95. The molecule has 0 aromatic heterocycles. The van der Waals surface area contributed by atoms with E-state index in [-0.39, 0.29) is 6.61 Å². The van der Waals surface area contributed by atoms with Crippen molar-refractivity contribution in [2.75, 3.05) is 13.7 Å². The molecule has 0 radical (unpaired) electrons. The maximum atomic E-state index is 12.1. The molecule has 1 aromatic carbocycles. The molecule has 2 N–H and O–H groups in total. The van der Waals surface area contributed by atoms with Gasteiger partial charge in [-0.25, -0.2) is 4.79 Å². The first-order valence-electron chi connectivity index (χ1n) is 6.81. The van der Waals surface area contributed by atoms with E-state index in [1.165, 1.54) is 7.11 Å². The largest absolute Gasteiger partial charge is 0.453 e. The minimum Gasteiger partial charge on any atom is -0.453 e. The van der Waals surface area contributed by atoms with Gasteiger partial charge in [0.15, 0.2) is 6.10 Å². The summed E-state index contributed by atoms with van der Waals surface area (Å²) >= 11 is 0. The van der Waals surface area contributed by atoms with E-state index in [1.54, 1.807) is 37.3 Å². The van der Waals surface area contributed by atoms with Gasteiger partial charge >= 0.3 is 5.97 Å². The zero-order valence-corrected chi connectivity index (χ0v) is 12.0. The van der Waals surface area contributed by atoms with Crippen LogP contribution in [0.15, 0.2) is 30.3 Å². The second-order valence-corrected chi connectivity index (χ2v) is 5.05. The summed E-state index contributed by atoms with van der Waals surface area (Å²) in [5.74, 6) is -0.594. The van der Waals surface area contributed by atoms with Crippen LogP contribution in [0.5, 0.6) is 0 Å². The number of rotatable bonds is 4. The zero-order chi connectivity index (χ0) is 15.4. The molecule has 6 heteroatoms. The summed E-state index contributed by atoms with van der Waals surface area (Å²) in [7, 11) is 1.48. The van der Waals surface area contributed by atoms with Gasteiger partial charge in [-0.2, -0.15) is 0 Å². The molecule has 5 atom stereocenters. The van der Waals surface area contributed by atoms with Gasteiger partial charge in [-0.15, -0.1) is 0 Å². The Morgan fingerprint density at radius 2 is 1.90 bits per heavy atom. The Labute approximate surface area is 123 Å². The average Bonchev–Trinajstić information content (AvgIpc) is 2.50. The van der Waals surface area contributed by atoms with Crippen molar-refractivity contribution >= 4 is 5.97 Å². The maximum absolute atomic E-state index is 12.1. The maximum Gasteiger partial charge on any atom is 0.338 e. The molecule has 2 rings (SSSR count). The molecule has 1 aliphatic heterocycles. The van der Waals surface area contributed by atoms with Gasteiger partial charge in [0.05, 0.1) is 18.3 Å². The van der Waals surface area contributed by atoms with E-state index in [2.05, 4.69) is 0 Å². The number of esters is 1. The monoisotopic (exact) mass is 296 g/mol. The highest BCUT2D eigenvalue weighted by Crippen LogP contribution is 2.24. The summed E-state index contributed by atoms with van der Waals surface area (Å²) in [6, 6.07) is 8.42. The molecule has 1 aliphatic rings. The number of aliphatic hydroxyl groups is 2. The molecule has 1 saturated heterocycles. The number of benzene rings is 1. The molecule has 0 aliphatic carbocycles. The van der Waals surface area contributed by atoms with Gasteiger partial charge in [-0.3, -0.25) is 0 Å². The third kappa shape index (κ3) is 3.59. The molecule has 5 unspecified atom stereocenters. The van der Waals surface area contributed by atoms with E-state index >= 15 is 0 Å². The Hall–Kier alpha value is -1.47. The highest BCUT2D eigenvalue weighted by Gasteiger charge is 2.45. The highest BCUT2D eigenvalue weighted by molar-refractivity contribution is 5.89.